The van der Waals surface area contributed by atoms with Crippen LogP contribution in [0, 0.1) is 0 Å². The lowest BCUT2D eigenvalue weighted by Crippen LogP contribution is -2.56. The molecular weight excluding hydrogens is 286 g/mol. The Morgan fingerprint density at radius 1 is 1.68 bits per heavy atom. The Kier molecular flexibility index (Phi) is 6.05. The molecule has 4 N–H and O–H groups in total. The minimum absolute atomic E-state index is 0.122. The monoisotopic (exact) mass is 309 g/mol. The van der Waals surface area contributed by atoms with E-state index in [-0.39, 0.29) is 24.6 Å². The highest BCUT2D eigenvalue weighted by atomic mass is 16.3. The van der Waals surface area contributed by atoms with Crippen LogP contribution in [-0.4, -0.2) is 63.6 Å². The molecule has 1 saturated heterocycles. The molecule has 0 bridgehead atoms. The largest absolute Gasteiger partial charge is 0.394 e. The van der Waals surface area contributed by atoms with Gasteiger partial charge in [-0.3, -0.25) is 4.79 Å². The molecule has 3 atom stereocenters. The molecule has 0 spiro atoms. The average Bonchev–Trinajstić information content (AvgIpc) is 3.17. The molecule has 0 radical (unpaired) electrons. The van der Waals surface area contributed by atoms with Crippen molar-refractivity contribution < 1.29 is 14.7 Å². The van der Waals surface area contributed by atoms with Crippen molar-refractivity contribution in [2.45, 2.75) is 44.3 Å². The summed E-state index contributed by atoms with van der Waals surface area (Å²) in [7, 11) is 0. The Labute approximate surface area is 129 Å². The van der Waals surface area contributed by atoms with E-state index in [0.29, 0.717) is 6.42 Å². The van der Waals surface area contributed by atoms with Crippen LogP contribution in [0.1, 0.15) is 25.5 Å². The number of aliphatic hydroxyl groups excluding tert-OH is 1. The maximum atomic E-state index is 12.4. The van der Waals surface area contributed by atoms with Crippen molar-refractivity contribution >= 4 is 12.2 Å². The number of rotatable bonds is 8. The van der Waals surface area contributed by atoms with E-state index >= 15 is 0 Å². The zero-order valence-electron chi connectivity index (χ0n) is 12.7. The van der Waals surface area contributed by atoms with Crippen molar-refractivity contribution in [1.82, 2.24) is 25.7 Å². The van der Waals surface area contributed by atoms with Crippen molar-refractivity contribution in [3.63, 3.8) is 0 Å². The van der Waals surface area contributed by atoms with Crippen molar-refractivity contribution in [3.8, 4) is 0 Å². The van der Waals surface area contributed by atoms with Gasteiger partial charge in [-0.1, -0.05) is 0 Å². The van der Waals surface area contributed by atoms with Gasteiger partial charge < -0.3 is 20.2 Å². The minimum Gasteiger partial charge on any atom is -0.394 e. The fourth-order valence-corrected chi connectivity index (χ4v) is 2.50. The van der Waals surface area contributed by atoms with Gasteiger partial charge in [-0.25, -0.2) is 15.4 Å². The summed E-state index contributed by atoms with van der Waals surface area (Å²) < 4.78 is 0. The van der Waals surface area contributed by atoms with Crippen LogP contribution in [0.2, 0.25) is 0 Å². The van der Waals surface area contributed by atoms with Crippen LogP contribution in [0.4, 0.5) is 0 Å². The zero-order chi connectivity index (χ0) is 15.9. The van der Waals surface area contributed by atoms with Crippen LogP contribution in [0.5, 0.6) is 0 Å². The number of hydrazine groups is 1. The first-order valence-corrected chi connectivity index (χ1v) is 7.50. The number of H-pyrrole nitrogens is 1. The van der Waals surface area contributed by atoms with E-state index in [9.17, 15) is 9.59 Å². The third kappa shape index (κ3) is 4.36. The molecular formula is C14H23N5O3. The molecule has 1 aromatic rings. The highest BCUT2D eigenvalue weighted by Crippen LogP contribution is 2.14. The van der Waals surface area contributed by atoms with Gasteiger partial charge in [0, 0.05) is 30.9 Å². The number of nitrogens with zero attached hydrogens (tertiary/aromatic N) is 2. The van der Waals surface area contributed by atoms with Crippen LogP contribution in [0.15, 0.2) is 12.5 Å². The van der Waals surface area contributed by atoms with Gasteiger partial charge in [0.05, 0.1) is 19.0 Å². The van der Waals surface area contributed by atoms with Gasteiger partial charge in [0.1, 0.15) is 12.3 Å². The van der Waals surface area contributed by atoms with Crippen molar-refractivity contribution in [2.75, 3.05) is 13.2 Å². The number of aromatic amines is 1. The number of amides is 1. The second-order valence-corrected chi connectivity index (χ2v) is 5.59. The average molecular weight is 309 g/mol. The summed E-state index contributed by atoms with van der Waals surface area (Å²) in [5.41, 5.74) is 3.97. The zero-order valence-corrected chi connectivity index (χ0v) is 12.7. The summed E-state index contributed by atoms with van der Waals surface area (Å²) >= 11 is 0. The number of nitrogens with one attached hydrogen (secondary N) is 3. The predicted octanol–water partition coefficient (Wildman–Crippen LogP) is -1.01. The summed E-state index contributed by atoms with van der Waals surface area (Å²) in [5.74, 6) is -0.215. The number of imidazole rings is 1. The summed E-state index contributed by atoms with van der Waals surface area (Å²) in [6, 6.07) is -1.05. The number of hydrogen-bond donors (Lipinski definition) is 4. The van der Waals surface area contributed by atoms with E-state index in [1.54, 1.807) is 19.4 Å². The van der Waals surface area contributed by atoms with Crippen molar-refractivity contribution in [1.29, 1.82) is 0 Å². The molecule has 1 amide bonds. The van der Waals surface area contributed by atoms with Gasteiger partial charge in [-0.05, 0) is 19.8 Å². The van der Waals surface area contributed by atoms with Gasteiger partial charge in [0.2, 0.25) is 5.91 Å². The lowest BCUT2D eigenvalue weighted by Gasteiger charge is -2.28. The third-order valence-electron chi connectivity index (χ3n) is 3.74. The summed E-state index contributed by atoms with van der Waals surface area (Å²) in [6.07, 6.45) is 6.26. The first kappa shape index (κ1) is 16.6. The number of carbonyl (C=O) groups is 2. The minimum atomic E-state index is -0.532. The van der Waals surface area contributed by atoms with Crippen molar-refractivity contribution in [3.05, 3.63) is 18.2 Å². The van der Waals surface area contributed by atoms with Crippen molar-refractivity contribution in [2.24, 2.45) is 0 Å². The van der Waals surface area contributed by atoms with E-state index < -0.39 is 6.04 Å². The predicted molar refractivity (Wildman–Crippen MR) is 79.7 cm³/mol. The SMILES string of the molecule is C[C@@H](CO)NC(=O)[C@H](Cc1cnc[nH]1)NN1CCC[C@H]1C=O. The summed E-state index contributed by atoms with van der Waals surface area (Å²) in [4.78, 5) is 30.4. The standard InChI is InChI=1S/C14H23N5O3/c1-10(7-20)17-14(22)13(5-11-6-15-9-16-11)18-19-4-2-3-12(19)8-21/h6,8-10,12-13,18,20H,2-5,7H2,1H3,(H,15,16)(H,17,22)/t10-,12-,13-/m0/s1. The van der Waals surface area contributed by atoms with Crippen LogP contribution < -0.4 is 10.7 Å². The van der Waals surface area contributed by atoms with Gasteiger partial charge in [-0.15, -0.1) is 0 Å². The van der Waals surface area contributed by atoms with E-state index in [2.05, 4.69) is 20.7 Å². The molecule has 2 rings (SSSR count). The Morgan fingerprint density at radius 2 is 2.50 bits per heavy atom. The van der Waals surface area contributed by atoms with Crippen LogP contribution >= 0.6 is 0 Å². The van der Waals surface area contributed by atoms with Crippen LogP contribution in [-0.2, 0) is 16.0 Å². The maximum Gasteiger partial charge on any atom is 0.239 e. The highest BCUT2D eigenvalue weighted by Gasteiger charge is 2.29. The Balaban J connectivity index is 2.03. The molecule has 8 nitrogen and oxygen atoms in total. The first-order chi connectivity index (χ1) is 10.6. The molecule has 8 heteroatoms. The van der Waals surface area contributed by atoms with Gasteiger partial charge in [0.15, 0.2) is 0 Å². The molecule has 1 aromatic heterocycles. The third-order valence-corrected chi connectivity index (χ3v) is 3.74. The normalized spacial score (nSPS) is 21.5. The number of carbonyl (C=O) groups excluding carboxylic acids is 2. The lowest BCUT2D eigenvalue weighted by molar-refractivity contribution is -0.126. The fraction of sp³-hybridized carbons (Fsp3) is 0.643. The van der Waals surface area contributed by atoms with Gasteiger partial charge >= 0.3 is 0 Å². The van der Waals surface area contributed by atoms with E-state index in [0.717, 1.165) is 31.4 Å². The van der Waals surface area contributed by atoms with Crippen LogP contribution in [0.25, 0.3) is 0 Å². The highest BCUT2D eigenvalue weighted by molar-refractivity contribution is 5.82. The second-order valence-electron chi connectivity index (χ2n) is 5.59. The number of aldehydes is 1. The molecule has 0 aliphatic carbocycles. The molecule has 0 aromatic carbocycles. The Bertz CT molecular complexity index is 479. The quantitative estimate of drug-likeness (QED) is 0.458. The Morgan fingerprint density at radius 3 is 3.14 bits per heavy atom. The second kappa shape index (κ2) is 8.02. The molecule has 2 heterocycles. The van der Waals surface area contributed by atoms with Gasteiger partial charge in [-0.2, -0.15) is 0 Å². The molecule has 1 aliphatic heterocycles. The molecule has 1 aliphatic rings. The molecule has 1 fully saturated rings. The Hall–Kier alpha value is -1.77. The lowest BCUT2D eigenvalue weighted by atomic mass is 10.1. The number of aliphatic hydroxyl groups is 1. The van der Waals surface area contributed by atoms with Crippen LogP contribution in [0.3, 0.4) is 0 Å². The molecule has 0 saturated carbocycles. The molecule has 122 valence electrons. The molecule has 0 unspecified atom stereocenters. The smallest absolute Gasteiger partial charge is 0.239 e. The summed E-state index contributed by atoms with van der Waals surface area (Å²) in [6.45, 7) is 2.34. The van der Waals surface area contributed by atoms with E-state index in [4.69, 9.17) is 5.11 Å². The molecule has 22 heavy (non-hydrogen) atoms. The van der Waals surface area contributed by atoms with Gasteiger partial charge in [0.25, 0.3) is 0 Å². The first-order valence-electron chi connectivity index (χ1n) is 7.50. The fourth-order valence-electron chi connectivity index (χ4n) is 2.50. The number of hydrogen-bond acceptors (Lipinski definition) is 6. The van der Waals surface area contributed by atoms with E-state index in [1.165, 1.54) is 0 Å². The van der Waals surface area contributed by atoms with E-state index in [1.807, 2.05) is 5.01 Å². The summed E-state index contributed by atoms with van der Waals surface area (Å²) in [5, 5.41) is 13.6. The number of aromatic nitrogens is 2. The maximum absolute atomic E-state index is 12.4. The topological polar surface area (TPSA) is 110 Å².